The number of nitrogens with zero attached hydrogens (tertiary/aromatic N) is 1. The summed E-state index contributed by atoms with van der Waals surface area (Å²) in [6.45, 7) is 4.30. The van der Waals surface area contributed by atoms with Crippen molar-refractivity contribution in [2.24, 2.45) is 5.92 Å². The van der Waals surface area contributed by atoms with Gasteiger partial charge in [-0.25, -0.2) is 0 Å². The Bertz CT molecular complexity index is 350. The molecule has 1 aromatic rings. The number of benzene rings is 1. The van der Waals surface area contributed by atoms with Crippen LogP contribution < -0.4 is 0 Å². The zero-order valence-corrected chi connectivity index (χ0v) is 10.8. The average molecular weight is 266 g/mol. The molecule has 0 bridgehead atoms. The average Bonchev–Trinajstić information content (AvgIpc) is 2.27. The third-order valence-corrected chi connectivity index (χ3v) is 3.62. The van der Waals surface area contributed by atoms with Crippen molar-refractivity contribution in [3.8, 4) is 6.07 Å². The van der Waals surface area contributed by atoms with Crippen molar-refractivity contribution < 1.29 is 0 Å². The molecule has 2 heteroatoms. The van der Waals surface area contributed by atoms with Gasteiger partial charge in [-0.3, -0.25) is 0 Å². The molecule has 1 unspecified atom stereocenters. The van der Waals surface area contributed by atoms with Crippen molar-refractivity contribution in [3.05, 3.63) is 34.3 Å². The van der Waals surface area contributed by atoms with E-state index in [1.807, 2.05) is 24.3 Å². The number of rotatable bonds is 4. The van der Waals surface area contributed by atoms with Crippen LogP contribution in [0, 0.1) is 17.2 Å². The minimum atomic E-state index is 0.00979. The molecule has 0 aliphatic rings. The quantitative estimate of drug-likeness (QED) is 0.787. The maximum atomic E-state index is 9.27. The van der Waals surface area contributed by atoms with E-state index in [1.54, 1.807) is 0 Å². The second-order valence-electron chi connectivity index (χ2n) is 3.70. The molecular formula is C13H16BrN. The molecule has 0 aliphatic carbocycles. The van der Waals surface area contributed by atoms with Crippen LogP contribution in [-0.4, -0.2) is 0 Å². The van der Waals surface area contributed by atoms with E-state index in [-0.39, 0.29) is 5.92 Å². The predicted molar refractivity (Wildman–Crippen MR) is 66.6 cm³/mol. The van der Waals surface area contributed by atoms with E-state index >= 15 is 0 Å². The molecule has 1 rings (SSSR count). The molecule has 15 heavy (non-hydrogen) atoms. The highest BCUT2D eigenvalue weighted by atomic mass is 79.9. The van der Waals surface area contributed by atoms with Gasteiger partial charge in [0.25, 0.3) is 0 Å². The lowest BCUT2D eigenvalue weighted by molar-refractivity contribution is 0.452. The van der Waals surface area contributed by atoms with E-state index in [0.29, 0.717) is 5.92 Å². The van der Waals surface area contributed by atoms with Crippen molar-refractivity contribution in [3.63, 3.8) is 0 Å². The van der Waals surface area contributed by atoms with Gasteiger partial charge in [0.1, 0.15) is 0 Å². The van der Waals surface area contributed by atoms with Crippen molar-refractivity contribution in [2.75, 3.05) is 0 Å². The Hall–Kier alpha value is -0.810. The molecule has 0 heterocycles. The number of nitriles is 1. The summed E-state index contributed by atoms with van der Waals surface area (Å²) in [5, 5.41) is 9.27. The van der Waals surface area contributed by atoms with Crippen LogP contribution in [0.25, 0.3) is 0 Å². The monoisotopic (exact) mass is 265 g/mol. The van der Waals surface area contributed by atoms with Gasteiger partial charge < -0.3 is 0 Å². The minimum absolute atomic E-state index is 0.00979. The van der Waals surface area contributed by atoms with Crippen LogP contribution in [0.3, 0.4) is 0 Å². The lowest BCUT2D eigenvalue weighted by Gasteiger charge is -2.20. The molecule has 80 valence electrons. The third-order valence-electron chi connectivity index (χ3n) is 2.90. The van der Waals surface area contributed by atoms with Crippen molar-refractivity contribution in [1.29, 1.82) is 5.26 Å². The summed E-state index contributed by atoms with van der Waals surface area (Å²) < 4.78 is 1.04. The first-order valence-electron chi connectivity index (χ1n) is 5.38. The summed E-state index contributed by atoms with van der Waals surface area (Å²) >= 11 is 3.51. The van der Waals surface area contributed by atoms with E-state index in [4.69, 9.17) is 0 Å². The third kappa shape index (κ3) is 2.82. The van der Waals surface area contributed by atoms with Gasteiger partial charge in [0.15, 0.2) is 0 Å². The predicted octanol–water partition coefficient (Wildman–Crippen LogP) is 4.49. The van der Waals surface area contributed by atoms with Crippen molar-refractivity contribution >= 4 is 15.9 Å². The van der Waals surface area contributed by atoms with Gasteiger partial charge in [-0.05, 0) is 17.5 Å². The Morgan fingerprint density at radius 3 is 2.33 bits per heavy atom. The molecule has 1 atom stereocenters. The fraction of sp³-hybridized carbons (Fsp3) is 0.462. The molecule has 0 aromatic heterocycles. The lowest BCUT2D eigenvalue weighted by Crippen LogP contribution is -2.10. The van der Waals surface area contributed by atoms with Crippen LogP contribution in [0.1, 0.15) is 38.2 Å². The molecule has 0 saturated heterocycles. The second kappa shape index (κ2) is 5.92. The topological polar surface area (TPSA) is 23.8 Å². The summed E-state index contributed by atoms with van der Waals surface area (Å²) in [5.74, 6) is 0.462. The van der Waals surface area contributed by atoms with Crippen LogP contribution in [0.15, 0.2) is 28.7 Å². The summed E-state index contributed by atoms with van der Waals surface area (Å²) in [6, 6.07) is 10.4. The van der Waals surface area contributed by atoms with E-state index in [2.05, 4.69) is 35.8 Å². The largest absolute Gasteiger partial charge is 0.198 e. The molecule has 1 aromatic carbocycles. The number of hydrogen-bond donors (Lipinski definition) is 0. The highest BCUT2D eigenvalue weighted by Gasteiger charge is 2.21. The van der Waals surface area contributed by atoms with Crippen molar-refractivity contribution in [1.82, 2.24) is 0 Å². The van der Waals surface area contributed by atoms with Crippen LogP contribution in [0.5, 0.6) is 0 Å². The first-order chi connectivity index (χ1) is 7.24. The van der Waals surface area contributed by atoms with Gasteiger partial charge in [0, 0.05) is 4.47 Å². The fourth-order valence-electron chi connectivity index (χ4n) is 1.92. The first-order valence-corrected chi connectivity index (χ1v) is 6.17. The van der Waals surface area contributed by atoms with Crippen LogP contribution >= 0.6 is 15.9 Å². The summed E-state index contributed by atoms with van der Waals surface area (Å²) in [7, 11) is 0. The normalized spacial score (nSPS) is 12.5. The van der Waals surface area contributed by atoms with E-state index in [1.165, 1.54) is 0 Å². The molecule has 0 aliphatic heterocycles. The molecule has 0 fully saturated rings. The van der Waals surface area contributed by atoms with E-state index in [0.717, 1.165) is 22.9 Å². The van der Waals surface area contributed by atoms with Gasteiger partial charge in [-0.15, -0.1) is 0 Å². The van der Waals surface area contributed by atoms with Gasteiger partial charge in [0.2, 0.25) is 0 Å². The highest BCUT2D eigenvalue weighted by molar-refractivity contribution is 9.10. The van der Waals surface area contributed by atoms with E-state index < -0.39 is 0 Å². The molecule has 1 nitrogen and oxygen atoms in total. The summed E-state index contributed by atoms with van der Waals surface area (Å²) in [5.41, 5.74) is 1.12. The number of halogens is 1. The first kappa shape index (κ1) is 12.3. The van der Waals surface area contributed by atoms with Crippen LogP contribution in [-0.2, 0) is 0 Å². The Balaban J connectivity index is 3.03. The SMILES string of the molecule is CCC(CC)C(C#N)c1ccccc1Br. The fourth-order valence-corrected chi connectivity index (χ4v) is 2.45. The molecule has 0 spiro atoms. The van der Waals surface area contributed by atoms with Gasteiger partial charge in [0.05, 0.1) is 12.0 Å². The Kier molecular flexibility index (Phi) is 4.84. The smallest absolute Gasteiger partial charge is 0.0751 e. The standard InChI is InChI=1S/C13H16BrN/c1-3-10(4-2)12(9-15)11-7-5-6-8-13(11)14/h5-8,10,12H,3-4H2,1-2H3. The Morgan fingerprint density at radius 1 is 1.27 bits per heavy atom. The van der Waals surface area contributed by atoms with Gasteiger partial charge >= 0.3 is 0 Å². The van der Waals surface area contributed by atoms with Gasteiger partial charge in [-0.2, -0.15) is 5.26 Å². The summed E-state index contributed by atoms with van der Waals surface area (Å²) in [4.78, 5) is 0. The van der Waals surface area contributed by atoms with Gasteiger partial charge in [-0.1, -0.05) is 60.8 Å². The molecule has 0 radical (unpaired) electrons. The summed E-state index contributed by atoms with van der Waals surface area (Å²) in [6.07, 6.45) is 2.10. The minimum Gasteiger partial charge on any atom is -0.198 e. The maximum Gasteiger partial charge on any atom is 0.0751 e. The zero-order chi connectivity index (χ0) is 11.3. The maximum absolute atomic E-state index is 9.27. The molecular weight excluding hydrogens is 250 g/mol. The number of hydrogen-bond acceptors (Lipinski definition) is 1. The highest BCUT2D eigenvalue weighted by Crippen LogP contribution is 2.33. The van der Waals surface area contributed by atoms with E-state index in [9.17, 15) is 5.26 Å². The van der Waals surface area contributed by atoms with Crippen molar-refractivity contribution in [2.45, 2.75) is 32.6 Å². The molecule has 0 saturated carbocycles. The van der Waals surface area contributed by atoms with Crippen LogP contribution in [0.2, 0.25) is 0 Å². The second-order valence-corrected chi connectivity index (χ2v) is 4.56. The Morgan fingerprint density at radius 2 is 1.87 bits per heavy atom. The molecule has 0 amide bonds. The zero-order valence-electron chi connectivity index (χ0n) is 9.20. The lowest BCUT2D eigenvalue weighted by atomic mass is 9.84. The van der Waals surface area contributed by atoms with Crippen LogP contribution in [0.4, 0.5) is 0 Å². The Labute approximate surface area is 100 Å². The molecule has 0 N–H and O–H groups in total.